The molecule has 0 saturated carbocycles. The maximum absolute atomic E-state index is 12.3. The number of amides is 1. The van der Waals surface area contributed by atoms with Crippen LogP contribution < -0.4 is 5.43 Å². The highest BCUT2D eigenvalue weighted by atomic mass is 79.9. The van der Waals surface area contributed by atoms with Crippen molar-refractivity contribution in [3.63, 3.8) is 0 Å². The molecule has 138 valence electrons. The van der Waals surface area contributed by atoms with E-state index in [1.807, 2.05) is 32.0 Å². The van der Waals surface area contributed by atoms with Gasteiger partial charge in [-0.15, -0.1) is 0 Å². The molecule has 5 heteroatoms. The molecule has 1 amide bonds. The molecule has 0 aliphatic carbocycles. The Labute approximate surface area is 168 Å². The van der Waals surface area contributed by atoms with E-state index >= 15 is 0 Å². The van der Waals surface area contributed by atoms with Gasteiger partial charge in [-0.25, -0.2) is 5.43 Å². The molecule has 0 bridgehead atoms. The van der Waals surface area contributed by atoms with Crippen LogP contribution in [-0.4, -0.2) is 16.7 Å². The third-order valence-electron chi connectivity index (χ3n) is 4.64. The minimum absolute atomic E-state index is 0.208. The number of nitrogens with one attached hydrogen (secondary N) is 1. The summed E-state index contributed by atoms with van der Waals surface area (Å²) in [7, 11) is 0. The predicted octanol–water partition coefficient (Wildman–Crippen LogP) is 5.24. The predicted molar refractivity (Wildman–Crippen MR) is 114 cm³/mol. The summed E-state index contributed by atoms with van der Waals surface area (Å²) in [5.74, 6) is -0.208. The Morgan fingerprint density at radius 3 is 2.48 bits per heavy atom. The van der Waals surface area contributed by atoms with Crippen LogP contribution in [0.15, 0.2) is 58.1 Å². The molecule has 27 heavy (non-hydrogen) atoms. The second-order valence-corrected chi connectivity index (χ2v) is 7.46. The number of nitrogens with zero attached hydrogens (tertiary/aromatic N) is 2. The van der Waals surface area contributed by atoms with Gasteiger partial charge in [0.25, 0.3) is 5.91 Å². The number of carbonyl (C=O) groups is 1. The molecule has 1 heterocycles. The molecule has 0 spiro atoms. The number of hydrogen-bond acceptors (Lipinski definition) is 2. The second kappa shape index (κ2) is 7.92. The maximum Gasteiger partial charge on any atom is 0.271 e. The number of aryl methyl sites for hydroxylation is 3. The first-order chi connectivity index (χ1) is 12.9. The Hall–Kier alpha value is -2.66. The highest BCUT2D eigenvalue weighted by molar-refractivity contribution is 9.10. The number of rotatable bonds is 4. The average Bonchev–Trinajstić information content (AvgIpc) is 2.91. The normalized spacial score (nSPS) is 11.1. The zero-order valence-corrected chi connectivity index (χ0v) is 17.5. The lowest BCUT2D eigenvalue weighted by molar-refractivity contribution is 0.0954. The monoisotopic (exact) mass is 423 g/mol. The maximum atomic E-state index is 12.3. The quantitative estimate of drug-likeness (QED) is 0.452. The van der Waals surface area contributed by atoms with Gasteiger partial charge < -0.3 is 4.57 Å². The van der Waals surface area contributed by atoms with Crippen LogP contribution in [0.4, 0.5) is 0 Å². The molecular formula is C22H22BrN3O. The van der Waals surface area contributed by atoms with Crippen molar-refractivity contribution in [1.82, 2.24) is 9.99 Å². The van der Waals surface area contributed by atoms with E-state index in [1.54, 1.807) is 12.3 Å². The molecule has 3 aromatic rings. The van der Waals surface area contributed by atoms with Crippen LogP contribution in [0.3, 0.4) is 0 Å². The fourth-order valence-corrected chi connectivity index (χ4v) is 3.45. The van der Waals surface area contributed by atoms with Crippen LogP contribution in [0, 0.1) is 27.7 Å². The van der Waals surface area contributed by atoms with E-state index in [0.29, 0.717) is 5.56 Å². The van der Waals surface area contributed by atoms with E-state index in [-0.39, 0.29) is 5.91 Å². The molecule has 4 nitrogen and oxygen atoms in total. The first-order valence-electron chi connectivity index (χ1n) is 8.73. The highest BCUT2D eigenvalue weighted by Crippen LogP contribution is 2.24. The minimum atomic E-state index is -0.208. The summed E-state index contributed by atoms with van der Waals surface area (Å²) in [6, 6.07) is 15.8. The van der Waals surface area contributed by atoms with Gasteiger partial charge in [0.05, 0.1) is 6.21 Å². The van der Waals surface area contributed by atoms with E-state index in [1.165, 1.54) is 5.56 Å². The van der Waals surface area contributed by atoms with Gasteiger partial charge in [-0.1, -0.05) is 40.2 Å². The molecular weight excluding hydrogens is 402 g/mol. The molecule has 0 aliphatic heterocycles. The van der Waals surface area contributed by atoms with Gasteiger partial charge in [-0.3, -0.25) is 4.79 Å². The number of aromatic nitrogens is 1. The van der Waals surface area contributed by atoms with Crippen molar-refractivity contribution in [2.24, 2.45) is 5.10 Å². The lowest BCUT2D eigenvalue weighted by Gasteiger charge is -2.11. The molecule has 1 N–H and O–H groups in total. The van der Waals surface area contributed by atoms with Gasteiger partial charge in [-0.05, 0) is 63.1 Å². The Bertz CT molecular complexity index is 1030. The average molecular weight is 424 g/mol. The summed E-state index contributed by atoms with van der Waals surface area (Å²) in [5.41, 5.74) is 9.59. The first kappa shape index (κ1) is 19.1. The number of hydrogen-bond donors (Lipinski definition) is 1. The third-order valence-corrected chi connectivity index (χ3v) is 5.50. The molecule has 0 radical (unpaired) electrons. The summed E-state index contributed by atoms with van der Waals surface area (Å²) in [6.07, 6.45) is 1.69. The second-order valence-electron chi connectivity index (χ2n) is 6.61. The standard InChI is InChI=1S/C22H22BrN3O/c1-14-7-5-6-8-20(14)22(27)25-24-13-18-11-16(3)26(17(18)4)19-10-9-15(2)21(23)12-19/h5-13H,1-4H3,(H,25,27)/b24-13-. The van der Waals surface area contributed by atoms with Crippen LogP contribution in [0.1, 0.15) is 38.4 Å². The summed E-state index contributed by atoms with van der Waals surface area (Å²) >= 11 is 3.60. The molecule has 0 fully saturated rings. The van der Waals surface area contributed by atoms with Gasteiger partial charge in [0.1, 0.15) is 0 Å². The highest BCUT2D eigenvalue weighted by Gasteiger charge is 2.11. The van der Waals surface area contributed by atoms with Crippen LogP contribution in [-0.2, 0) is 0 Å². The molecule has 0 aliphatic rings. The Balaban J connectivity index is 1.82. The van der Waals surface area contributed by atoms with Gasteiger partial charge in [0.2, 0.25) is 0 Å². The number of halogens is 1. The van der Waals surface area contributed by atoms with Gasteiger partial charge in [0.15, 0.2) is 0 Å². The Morgan fingerprint density at radius 2 is 1.78 bits per heavy atom. The van der Waals surface area contributed by atoms with E-state index in [9.17, 15) is 4.79 Å². The van der Waals surface area contributed by atoms with Crippen LogP contribution in [0.25, 0.3) is 5.69 Å². The zero-order chi connectivity index (χ0) is 19.6. The summed E-state index contributed by atoms with van der Waals surface area (Å²) < 4.78 is 3.25. The Morgan fingerprint density at radius 1 is 1.04 bits per heavy atom. The largest absolute Gasteiger partial charge is 0.318 e. The smallest absolute Gasteiger partial charge is 0.271 e. The molecule has 1 aromatic heterocycles. The zero-order valence-electron chi connectivity index (χ0n) is 15.9. The molecule has 0 unspecified atom stereocenters. The summed E-state index contributed by atoms with van der Waals surface area (Å²) in [6.45, 7) is 8.08. The van der Waals surface area contributed by atoms with Crippen molar-refractivity contribution in [2.45, 2.75) is 27.7 Å². The third kappa shape index (κ3) is 4.03. The molecule has 2 aromatic carbocycles. The van der Waals surface area contributed by atoms with Crippen molar-refractivity contribution in [1.29, 1.82) is 0 Å². The fraction of sp³-hybridized carbons (Fsp3) is 0.182. The van der Waals surface area contributed by atoms with Gasteiger partial charge in [0, 0.05) is 32.7 Å². The SMILES string of the molecule is Cc1ccc(-n2c(C)cc(/C=N\NC(=O)c3ccccc3C)c2C)cc1Br. The minimum Gasteiger partial charge on any atom is -0.318 e. The van der Waals surface area contributed by atoms with Crippen LogP contribution in [0.2, 0.25) is 0 Å². The lowest BCUT2D eigenvalue weighted by atomic mass is 10.1. The fourth-order valence-electron chi connectivity index (χ4n) is 3.08. The van der Waals surface area contributed by atoms with E-state index in [2.05, 4.69) is 69.1 Å². The van der Waals surface area contributed by atoms with E-state index in [4.69, 9.17) is 0 Å². The Kier molecular flexibility index (Phi) is 5.61. The van der Waals surface area contributed by atoms with Gasteiger partial charge >= 0.3 is 0 Å². The van der Waals surface area contributed by atoms with Crippen molar-refractivity contribution in [3.8, 4) is 5.69 Å². The topological polar surface area (TPSA) is 46.4 Å². The van der Waals surface area contributed by atoms with E-state index in [0.717, 1.165) is 32.7 Å². The molecule has 0 atom stereocenters. The van der Waals surface area contributed by atoms with Crippen LogP contribution in [0.5, 0.6) is 0 Å². The van der Waals surface area contributed by atoms with Crippen molar-refractivity contribution >= 4 is 28.1 Å². The van der Waals surface area contributed by atoms with Crippen molar-refractivity contribution < 1.29 is 4.79 Å². The first-order valence-corrected chi connectivity index (χ1v) is 9.52. The van der Waals surface area contributed by atoms with E-state index < -0.39 is 0 Å². The molecule has 0 saturated heterocycles. The van der Waals surface area contributed by atoms with Crippen molar-refractivity contribution in [3.05, 3.63) is 86.6 Å². The number of benzene rings is 2. The summed E-state index contributed by atoms with van der Waals surface area (Å²) in [5, 5.41) is 4.15. The van der Waals surface area contributed by atoms with Crippen LogP contribution >= 0.6 is 15.9 Å². The van der Waals surface area contributed by atoms with Gasteiger partial charge in [-0.2, -0.15) is 5.10 Å². The number of carbonyl (C=O) groups excluding carboxylic acids is 1. The lowest BCUT2D eigenvalue weighted by Crippen LogP contribution is -2.18. The molecule has 3 rings (SSSR count). The number of hydrazone groups is 1. The summed E-state index contributed by atoms with van der Waals surface area (Å²) in [4.78, 5) is 12.3. The van der Waals surface area contributed by atoms with Crippen molar-refractivity contribution in [2.75, 3.05) is 0 Å².